The molecule has 1 aromatic carbocycles. The summed E-state index contributed by atoms with van der Waals surface area (Å²) in [6.07, 6.45) is 2.86. The lowest BCUT2D eigenvalue weighted by atomic mass is 10.2. The van der Waals surface area contributed by atoms with E-state index in [1.54, 1.807) is 36.1 Å². The van der Waals surface area contributed by atoms with E-state index in [0.29, 0.717) is 40.7 Å². The van der Waals surface area contributed by atoms with Crippen molar-refractivity contribution < 1.29 is 14.0 Å². The van der Waals surface area contributed by atoms with E-state index in [0.717, 1.165) is 6.42 Å². The molecule has 2 amide bonds. The number of benzene rings is 1. The Kier molecular flexibility index (Phi) is 3.90. The van der Waals surface area contributed by atoms with Gasteiger partial charge in [0.2, 0.25) is 5.91 Å². The zero-order valence-corrected chi connectivity index (χ0v) is 12.8. The summed E-state index contributed by atoms with van der Waals surface area (Å²) in [7, 11) is 0. The molecule has 3 rings (SSSR count). The maximum atomic E-state index is 12.1. The summed E-state index contributed by atoms with van der Waals surface area (Å²) < 4.78 is 5.11. The van der Waals surface area contributed by atoms with E-state index < -0.39 is 0 Å². The van der Waals surface area contributed by atoms with Gasteiger partial charge in [0.05, 0.1) is 22.5 Å². The Hall–Kier alpha value is -2.27. The van der Waals surface area contributed by atoms with Crippen LogP contribution in [0.5, 0.6) is 0 Å². The van der Waals surface area contributed by atoms with Crippen LogP contribution in [0.25, 0.3) is 0 Å². The van der Waals surface area contributed by atoms with Crippen molar-refractivity contribution in [2.45, 2.75) is 19.8 Å². The van der Waals surface area contributed by atoms with Crippen LogP contribution in [0.3, 0.4) is 0 Å². The number of halogens is 1. The highest BCUT2D eigenvalue weighted by Gasteiger charge is 2.23. The van der Waals surface area contributed by atoms with Gasteiger partial charge >= 0.3 is 0 Å². The van der Waals surface area contributed by atoms with Gasteiger partial charge < -0.3 is 14.6 Å². The summed E-state index contributed by atoms with van der Waals surface area (Å²) in [5.41, 5.74) is 1.74. The van der Waals surface area contributed by atoms with Crippen LogP contribution < -0.4 is 10.2 Å². The van der Waals surface area contributed by atoms with Crippen LogP contribution in [0.1, 0.15) is 29.0 Å². The minimum atomic E-state index is -0.257. The molecule has 1 fully saturated rings. The second kappa shape index (κ2) is 5.85. The van der Waals surface area contributed by atoms with Gasteiger partial charge in [-0.25, -0.2) is 0 Å². The molecule has 114 valence electrons. The quantitative estimate of drug-likeness (QED) is 0.940. The van der Waals surface area contributed by atoms with E-state index >= 15 is 0 Å². The van der Waals surface area contributed by atoms with Crippen molar-refractivity contribution in [1.29, 1.82) is 0 Å². The number of carbonyl (C=O) groups is 2. The SMILES string of the molecule is Cc1occc1C(=O)Nc1ccc(N2CCCC2=O)c(Cl)c1. The summed E-state index contributed by atoms with van der Waals surface area (Å²) in [5, 5.41) is 3.21. The predicted molar refractivity (Wildman–Crippen MR) is 84.4 cm³/mol. The van der Waals surface area contributed by atoms with E-state index in [9.17, 15) is 9.59 Å². The standard InChI is InChI=1S/C16H15ClN2O3/c1-10-12(6-8-22-10)16(21)18-11-4-5-14(13(17)9-11)19-7-2-3-15(19)20/h4-6,8-9H,2-3,7H2,1H3,(H,18,21). The molecular weight excluding hydrogens is 304 g/mol. The molecule has 0 aliphatic carbocycles. The Morgan fingerprint density at radius 3 is 2.77 bits per heavy atom. The van der Waals surface area contributed by atoms with Gasteiger partial charge in [0.1, 0.15) is 5.76 Å². The van der Waals surface area contributed by atoms with Crippen LogP contribution in [0.2, 0.25) is 5.02 Å². The van der Waals surface area contributed by atoms with Gasteiger partial charge in [-0.3, -0.25) is 9.59 Å². The Labute approximate surface area is 132 Å². The van der Waals surface area contributed by atoms with Gasteiger partial charge in [-0.05, 0) is 37.6 Å². The van der Waals surface area contributed by atoms with Gasteiger partial charge in [-0.15, -0.1) is 0 Å². The molecule has 0 saturated carbocycles. The Bertz CT molecular complexity index is 739. The fourth-order valence-electron chi connectivity index (χ4n) is 2.53. The van der Waals surface area contributed by atoms with Gasteiger partial charge in [0.15, 0.2) is 0 Å². The average molecular weight is 319 g/mol. The topological polar surface area (TPSA) is 62.6 Å². The van der Waals surface area contributed by atoms with Crippen molar-refractivity contribution in [2.75, 3.05) is 16.8 Å². The molecule has 1 aliphatic heterocycles. The number of rotatable bonds is 3. The Morgan fingerprint density at radius 2 is 2.18 bits per heavy atom. The second-order valence-electron chi connectivity index (χ2n) is 5.16. The molecule has 1 N–H and O–H groups in total. The van der Waals surface area contributed by atoms with Crippen LogP contribution in [-0.2, 0) is 4.79 Å². The first kappa shape index (κ1) is 14.7. The first-order valence-corrected chi connectivity index (χ1v) is 7.39. The molecule has 0 atom stereocenters. The molecule has 6 heteroatoms. The fraction of sp³-hybridized carbons (Fsp3) is 0.250. The zero-order valence-electron chi connectivity index (χ0n) is 12.1. The third-order valence-electron chi connectivity index (χ3n) is 3.67. The highest BCUT2D eigenvalue weighted by Crippen LogP contribution is 2.31. The second-order valence-corrected chi connectivity index (χ2v) is 5.57. The minimum absolute atomic E-state index is 0.0766. The van der Waals surface area contributed by atoms with E-state index in [-0.39, 0.29) is 11.8 Å². The van der Waals surface area contributed by atoms with Crippen LogP contribution in [-0.4, -0.2) is 18.4 Å². The highest BCUT2D eigenvalue weighted by atomic mass is 35.5. The van der Waals surface area contributed by atoms with Crippen LogP contribution >= 0.6 is 11.6 Å². The summed E-state index contributed by atoms with van der Waals surface area (Å²) >= 11 is 6.25. The van der Waals surface area contributed by atoms with E-state index in [4.69, 9.17) is 16.0 Å². The van der Waals surface area contributed by atoms with Gasteiger partial charge in [0.25, 0.3) is 5.91 Å². The molecule has 0 unspecified atom stereocenters. The highest BCUT2D eigenvalue weighted by molar-refractivity contribution is 6.34. The third-order valence-corrected chi connectivity index (χ3v) is 3.98. The number of anilines is 2. The molecule has 5 nitrogen and oxygen atoms in total. The van der Waals surface area contributed by atoms with Crippen LogP contribution in [0.4, 0.5) is 11.4 Å². The maximum Gasteiger partial charge on any atom is 0.259 e. The first-order chi connectivity index (χ1) is 10.6. The van der Waals surface area contributed by atoms with E-state index in [1.807, 2.05) is 0 Å². The number of carbonyl (C=O) groups excluding carboxylic acids is 2. The third kappa shape index (κ3) is 2.72. The monoisotopic (exact) mass is 318 g/mol. The molecule has 1 aliphatic rings. The van der Waals surface area contributed by atoms with Crippen molar-refractivity contribution in [3.63, 3.8) is 0 Å². The number of nitrogens with zero attached hydrogens (tertiary/aromatic N) is 1. The van der Waals surface area contributed by atoms with Crippen molar-refractivity contribution in [3.05, 3.63) is 46.9 Å². The summed E-state index contributed by atoms with van der Waals surface area (Å²) in [4.78, 5) is 25.6. The molecule has 1 saturated heterocycles. The molecular formula is C16H15ClN2O3. The van der Waals surface area contributed by atoms with Crippen molar-refractivity contribution in [1.82, 2.24) is 0 Å². The van der Waals surface area contributed by atoms with E-state index in [1.165, 1.54) is 6.26 Å². The Morgan fingerprint density at radius 1 is 1.36 bits per heavy atom. The lowest BCUT2D eigenvalue weighted by molar-refractivity contribution is -0.117. The molecule has 22 heavy (non-hydrogen) atoms. The maximum absolute atomic E-state index is 12.1. The molecule has 0 bridgehead atoms. The molecule has 0 radical (unpaired) electrons. The number of aryl methyl sites for hydroxylation is 1. The van der Waals surface area contributed by atoms with E-state index in [2.05, 4.69) is 5.32 Å². The molecule has 2 heterocycles. The predicted octanol–water partition coefficient (Wildman–Crippen LogP) is 3.62. The lowest BCUT2D eigenvalue weighted by Crippen LogP contribution is -2.24. The van der Waals surface area contributed by atoms with Gasteiger partial charge in [0, 0.05) is 18.7 Å². The van der Waals surface area contributed by atoms with Gasteiger partial charge in [-0.1, -0.05) is 11.6 Å². The molecule has 0 spiro atoms. The van der Waals surface area contributed by atoms with Crippen molar-refractivity contribution >= 4 is 34.8 Å². The smallest absolute Gasteiger partial charge is 0.259 e. The summed E-state index contributed by atoms with van der Waals surface area (Å²) in [6.45, 7) is 2.41. The molecule has 2 aromatic rings. The number of amides is 2. The number of nitrogens with one attached hydrogen (secondary N) is 1. The fourth-order valence-corrected chi connectivity index (χ4v) is 2.81. The minimum Gasteiger partial charge on any atom is -0.469 e. The summed E-state index contributed by atoms with van der Waals surface area (Å²) in [5.74, 6) is 0.378. The lowest BCUT2D eigenvalue weighted by Gasteiger charge is -2.18. The van der Waals surface area contributed by atoms with Crippen LogP contribution in [0, 0.1) is 6.92 Å². The average Bonchev–Trinajstić information content (AvgIpc) is 3.08. The Balaban J connectivity index is 1.79. The largest absolute Gasteiger partial charge is 0.469 e. The number of hydrogen-bond acceptors (Lipinski definition) is 3. The normalized spacial score (nSPS) is 14.5. The number of hydrogen-bond donors (Lipinski definition) is 1. The van der Waals surface area contributed by atoms with Crippen LogP contribution in [0.15, 0.2) is 34.9 Å². The number of furan rings is 1. The zero-order chi connectivity index (χ0) is 15.7. The molecule has 1 aromatic heterocycles. The van der Waals surface area contributed by atoms with Crippen molar-refractivity contribution in [3.8, 4) is 0 Å². The first-order valence-electron chi connectivity index (χ1n) is 7.01. The summed E-state index contributed by atoms with van der Waals surface area (Å²) in [6, 6.07) is 6.75. The van der Waals surface area contributed by atoms with Gasteiger partial charge in [-0.2, -0.15) is 0 Å². The van der Waals surface area contributed by atoms with Crippen molar-refractivity contribution in [2.24, 2.45) is 0 Å².